The molecule has 1 heterocycles. The van der Waals surface area contributed by atoms with Crippen LogP contribution >= 0.6 is 0 Å². The van der Waals surface area contributed by atoms with Crippen LogP contribution in [-0.2, 0) is 16.6 Å². The van der Waals surface area contributed by atoms with Gasteiger partial charge in [-0.3, -0.25) is 5.10 Å². The zero-order valence-electron chi connectivity index (χ0n) is 11.1. The van der Waals surface area contributed by atoms with Crippen molar-refractivity contribution >= 4 is 15.7 Å². The molecule has 6 nitrogen and oxygen atoms in total. The summed E-state index contributed by atoms with van der Waals surface area (Å²) in [5, 5.41) is 6.48. The lowest BCUT2D eigenvalue weighted by molar-refractivity contribution is 0.553. The highest BCUT2D eigenvalue weighted by atomic mass is 32.2. The van der Waals surface area contributed by atoms with Gasteiger partial charge in [-0.15, -0.1) is 0 Å². The summed E-state index contributed by atoms with van der Waals surface area (Å²) in [5.74, 6) is -0.796. The molecular formula is C12H15FN4O2S. The van der Waals surface area contributed by atoms with E-state index < -0.39 is 20.7 Å². The molecule has 0 radical (unpaired) electrons. The van der Waals surface area contributed by atoms with E-state index in [2.05, 4.69) is 14.9 Å². The molecule has 0 aliphatic heterocycles. The summed E-state index contributed by atoms with van der Waals surface area (Å²) in [5.41, 5.74) is 7.39. The monoisotopic (exact) mass is 298 g/mol. The average molecular weight is 298 g/mol. The van der Waals surface area contributed by atoms with Crippen LogP contribution in [0.2, 0.25) is 0 Å². The number of rotatable bonds is 4. The fraction of sp³-hybridized carbons (Fsp3) is 0.250. The molecule has 20 heavy (non-hydrogen) atoms. The second-order valence-electron chi connectivity index (χ2n) is 4.49. The van der Waals surface area contributed by atoms with Gasteiger partial charge in [0.25, 0.3) is 0 Å². The first-order chi connectivity index (χ1) is 9.31. The molecule has 0 fully saturated rings. The van der Waals surface area contributed by atoms with E-state index in [9.17, 15) is 12.8 Å². The van der Waals surface area contributed by atoms with Gasteiger partial charge in [0.05, 0.1) is 6.20 Å². The van der Waals surface area contributed by atoms with Gasteiger partial charge < -0.3 is 5.73 Å². The smallest absolute Gasteiger partial charge is 0.243 e. The number of hydrogen-bond acceptors (Lipinski definition) is 4. The summed E-state index contributed by atoms with van der Waals surface area (Å²) in [6, 6.07) is 2.49. The maximum atomic E-state index is 13.9. The fourth-order valence-corrected chi connectivity index (χ4v) is 2.95. The summed E-state index contributed by atoms with van der Waals surface area (Å²) in [6.07, 6.45) is 1.51. The molecule has 2 aromatic rings. The summed E-state index contributed by atoms with van der Waals surface area (Å²) < 4.78 is 40.5. The molecule has 8 heteroatoms. The molecule has 0 spiro atoms. The van der Waals surface area contributed by atoms with Crippen molar-refractivity contribution in [2.45, 2.75) is 25.3 Å². The average Bonchev–Trinajstić information content (AvgIpc) is 2.77. The quantitative estimate of drug-likeness (QED) is 0.739. The normalized spacial score (nSPS) is 11.8. The van der Waals surface area contributed by atoms with Gasteiger partial charge in [0.1, 0.15) is 10.7 Å². The number of nitrogens with two attached hydrogens (primary N) is 1. The van der Waals surface area contributed by atoms with Gasteiger partial charge in [-0.2, -0.15) is 5.10 Å². The highest BCUT2D eigenvalue weighted by Gasteiger charge is 2.21. The third kappa shape index (κ3) is 2.81. The third-order valence-electron chi connectivity index (χ3n) is 2.92. The Morgan fingerprint density at radius 2 is 2.10 bits per heavy atom. The Hall–Kier alpha value is -1.93. The maximum absolute atomic E-state index is 13.9. The van der Waals surface area contributed by atoms with E-state index in [1.54, 1.807) is 6.92 Å². The summed E-state index contributed by atoms with van der Waals surface area (Å²) in [7, 11) is -3.98. The zero-order chi connectivity index (χ0) is 14.9. The Bertz CT molecular complexity index is 740. The molecule has 0 atom stereocenters. The number of nitrogens with one attached hydrogen (secondary N) is 2. The van der Waals surface area contributed by atoms with Crippen LogP contribution in [0.1, 0.15) is 16.8 Å². The Morgan fingerprint density at radius 3 is 2.70 bits per heavy atom. The largest absolute Gasteiger partial charge is 0.399 e. The molecular weight excluding hydrogens is 283 g/mol. The minimum absolute atomic E-state index is 0.0257. The molecule has 0 unspecified atom stereocenters. The molecule has 0 saturated heterocycles. The lowest BCUT2D eigenvalue weighted by Crippen LogP contribution is -2.24. The van der Waals surface area contributed by atoms with Crippen molar-refractivity contribution in [3.8, 4) is 0 Å². The highest BCUT2D eigenvalue weighted by Crippen LogP contribution is 2.21. The van der Waals surface area contributed by atoms with Crippen LogP contribution in [0.5, 0.6) is 0 Å². The lowest BCUT2D eigenvalue weighted by atomic mass is 10.2. The van der Waals surface area contributed by atoms with E-state index in [0.29, 0.717) is 5.56 Å². The molecule has 1 aromatic heterocycles. The number of H-pyrrole nitrogens is 1. The van der Waals surface area contributed by atoms with Crippen molar-refractivity contribution < 1.29 is 12.8 Å². The van der Waals surface area contributed by atoms with Crippen LogP contribution in [0.25, 0.3) is 0 Å². The second-order valence-corrected chi connectivity index (χ2v) is 6.23. The molecule has 0 aliphatic carbocycles. The second kappa shape index (κ2) is 5.22. The van der Waals surface area contributed by atoms with E-state index >= 15 is 0 Å². The first kappa shape index (κ1) is 14.5. The Kier molecular flexibility index (Phi) is 3.78. The van der Waals surface area contributed by atoms with Crippen LogP contribution in [-0.4, -0.2) is 18.6 Å². The van der Waals surface area contributed by atoms with Crippen LogP contribution < -0.4 is 10.5 Å². The molecule has 0 amide bonds. The van der Waals surface area contributed by atoms with Crippen molar-refractivity contribution in [3.05, 3.63) is 41.0 Å². The van der Waals surface area contributed by atoms with E-state index in [1.165, 1.54) is 19.2 Å². The van der Waals surface area contributed by atoms with E-state index in [1.807, 2.05) is 0 Å². The summed E-state index contributed by atoms with van der Waals surface area (Å²) in [6.45, 7) is 3.25. The van der Waals surface area contributed by atoms with Gasteiger partial charge in [-0.25, -0.2) is 17.5 Å². The summed E-state index contributed by atoms with van der Waals surface area (Å²) >= 11 is 0. The molecule has 1 aromatic carbocycles. The maximum Gasteiger partial charge on any atom is 0.243 e. The fourth-order valence-electron chi connectivity index (χ4n) is 1.76. The Balaban J connectivity index is 2.29. The van der Waals surface area contributed by atoms with Crippen molar-refractivity contribution in [2.24, 2.45) is 0 Å². The van der Waals surface area contributed by atoms with E-state index in [0.717, 1.165) is 11.8 Å². The number of hydrogen-bond donors (Lipinski definition) is 3. The molecule has 108 valence electrons. The number of aromatic nitrogens is 2. The number of nitrogens with zero attached hydrogens (tertiary/aromatic N) is 1. The molecule has 4 N–H and O–H groups in total. The van der Waals surface area contributed by atoms with Crippen molar-refractivity contribution in [3.63, 3.8) is 0 Å². The van der Waals surface area contributed by atoms with Gasteiger partial charge in [0.15, 0.2) is 0 Å². The van der Waals surface area contributed by atoms with Crippen LogP contribution in [0, 0.1) is 19.7 Å². The minimum Gasteiger partial charge on any atom is -0.399 e. The van der Waals surface area contributed by atoms with E-state index in [-0.39, 0.29) is 17.8 Å². The van der Waals surface area contributed by atoms with Crippen molar-refractivity contribution in [1.82, 2.24) is 14.9 Å². The lowest BCUT2D eigenvalue weighted by Gasteiger charge is -2.10. The number of aromatic amines is 1. The topological polar surface area (TPSA) is 101 Å². The number of anilines is 1. The van der Waals surface area contributed by atoms with Gasteiger partial charge in [-0.1, -0.05) is 0 Å². The van der Waals surface area contributed by atoms with Gasteiger partial charge in [0, 0.05) is 23.5 Å². The Labute approximate surface area is 116 Å². The number of aryl methyl sites for hydroxylation is 2. The van der Waals surface area contributed by atoms with Crippen molar-refractivity contribution in [2.75, 3.05) is 5.73 Å². The third-order valence-corrected chi connectivity index (χ3v) is 4.32. The molecule has 2 rings (SSSR count). The SMILES string of the molecule is Cc1cc(N)cc(S(=O)(=O)NCc2cn[nH]c2C)c1F. The first-order valence-corrected chi connectivity index (χ1v) is 7.33. The van der Waals surface area contributed by atoms with Crippen LogP contribution in [0.15, 0.2) is 23.2 Å². The predicted molar refractivity (Wildman–Crippen MR) is 72.9 cm³/mol. The number of halogens is 1. The molecule has 0 saturated carbocycles. The van der Waals surface area contributed by atoms with Crippen molar-refractivity contribution in [1.29, 1.82) is 0 Å². The van der Waals surface area contributed by atoms with Crippen LogP contribution in [0.4, 0.5) is 10.1 Å². The number of sulfonamides is 1. The van der Waals surface area contributed by atoms with Crippen LogP contribution in [0.3, 0.4) is 0 Å². The number of nitrogen functional groups attached to an aromatic ring is 1. The van der Waals surface area contributed by atoms with Gasteiger partial charge in [0.2, 0.25) is 10.0 Å². The molecule has 0 aliphatic rings. The predicted octanol–water partition coefficient (Wildman–Crippen LogP) is 1.23. The molecule has 0 bridgehead atoms. The van der Waals surface area contributed by atoms with Gasteiger partial charge in [-0.05, 0) is 31.5 Å². The van der Waals surface area contributed by atoms with Gasteiger partial charge >= 0.3 is 0 Å². The standard InChI is InChI=1S/C12H15FN4O2S/c1-7-3-10(14)4-11(12(7)13)20(18,19)16-6-9-5-15-17-8(9)2/h3-5,16H,6,14H2,1-2H3,(H,15,17). The highest BCUT2D eigenvalue weighted by molar-refractivity contribution is 7.89. The Morgan fingerprint density at radius 1 is 1.40 bits per heavy atom. The zero-order valence-corrected chi connectivity index (χ0v) is 11.9. The van der Waals surface area contributed by atoms with E-state index in [4.69, 9.17) is 5.73 Å². The number of benzene rings is 1. The summed E-state index contributed by atoms with van der Waals surface area (Å²) in [4.78, 5) is -0.448. The first-order valence-electron chi connectivity index (χ1n) is 5.85. The minimum atomic E-state index is -3.98.